The van der Waals surface area contributed by atoms with E-state index in [0.717, 1.165) is 51.0 Å². The van der Waals surface area contributed by atoms with Gasteiger partial charge >= 0.3 is 11.9 Å². The minimum absolute atomic E-state index is 0.164. The summed E-state index contributed by atoms with van der Waals surface area (Å²) in [7, 11) is 0. The van der Waals surface area contributed by atoms with Crippen molar-refractivity contribution in [3.8, 4) is 0 Å². The summed E-state index contributed by atoms with van der Waals surface area (Å²) >= 11 is 8.44. The molecule has 0 N–H and O–H groups in total. The molecule has 0 saturated heterocycles. The van der Waals surface area contributed by atoms with Gasteiger partial charge < -0.3 is 9.47 Å². The van der Waals surface area contributed by atoms with Crippen molar-refractivity contribution in [2.75, 3.05) is 18.1 Å². The van der Waals surface area contributed by atoms with Gasteiger partial charge in [0.2, 0.25) is 0 Å². The first-order valence-corrected chi connectivity index (χ1v) is 15.3. The zero-order valence-corrected chi connectivity index (χ0v) is 25.9. The SMILES string of the molecule is CCOC(=O)C1=C(C(=O)OCC)SC(=C2C(=S)C(C)(C)N(C(=O)c3ccc4ccccc4c3)c3cc(C)ccc32)S1. The molecule has 2 aliphatic heterocycles. The quantitative estimate of drug-likeness (QED) is 0.169. The number of thioether (sulfide) groups is 2. The zero-order chi connectivity index (χ0) is 29.5. The van der Waals surface area contributed by atoms with Crippen molar-refractivity contribution in [3.05, 3.63) is 91.4 Å². The Kier molecular flexibility index (Phi) is 8.14. The first kappa shape index (κ1) is 29.1. The van der Waals surface area contributed by atoms with E-state index in [0.29, 0.717) is 20.4 Å². The van der Waals surface area contributed by atoms with Crippen LogP contribution in [0.3, 0.4) is 0 Å². The second kappa shape index (κ2) is 11.5. The lowest BCUT2D eigenvalue weighted by atomic mass is 9.82. The van der Waals surface area contributed by atoms with Crippen molar-refractivity contribution >= 4 is 80.5 Å². The topological polar surface area (TPSA) is 72.9 Å². The largest absolute Gasteiger partial charge is 0.462 e. The number of carbonyl (C=O) groups is 3. The molecule has 2 heterocycles. The fourth-order valence-electron chi connectivity index (χ4n) is 4.95. The molecule has 0 aromatic heterocycles. The molecule has 5 rings (SSSR count). The Balaban J connectivity index is 1.65. The monoisotopic (exact) mass is 603 g/mol. The summed E-state index contributed by atoms with van der Waals surface area (Å²) in [5.41, 5.74) is 2.84. The molecule has 0 unspecified atom stereocenters. The number of hydrogen-bond acceptors (Lipinski definition) is 8. The van der Waals surface area contributed by atoms with Gasteiger partial charge in [-0.2, -0.15) is 0 Å². The lowest BCUT2D eigenvalue weighted by Crippen LogP contribution is -2.56. The molecule has 6 nitrogen and oxygen atoms in total. The van der Waals surface area contributed by atoms with E-state index in [1.54, 1.807) is 18.7 Å². The Morgan fingerprint density at radius 3 is 2.07 bits per heavy atom. The number of nitrogens with zero attached hydrogens (tertiary/aromatic N) is 1. The fraction of sp³-hybridized carbons (Fsp3) is 0.250. The van der Waals surface area contributed by atoms with Crippen molar-refractivity contribution < 1.29 is 23.9 Å². The number of rotatable bonds is 5. The lowest BCUT2D eigenvalue weighted by Gasteiger charge is -2.45. The number of hydrogen-bond donors (Lipinski definition) is 0. The van der Waals surface area contributed by atoms with Crippen LogP contribution in [-0.4, -0.2) is 41.5 Å². The maximum absolute atomic E-state index is 14.2. The van der Waals surface area contributed by atoms with Crippen LogP contribution in [0.4, 0.5) is 5.69 Å². The van der Waals surface area contributed by atoms with Crippen LogP contribution in [0.1, 0.15) is 49.2 Å². The Labute approximate surface area is 253 Å². The molecular weight excluding hydrogens is 575 g/mol. The minimum atomic E-state index is -0.904. The van der Waals surface area contributed by atoms with Crippen LogP contribution in [0.2, 0.25) is 0 Å². The van der Waals surface area contributed by atoms with E-state index < -0.39 is 17.5 Å². The van der Waals surface area contributed by atoms with Gasteiger partial charge in [-0.15, -0.1) is 0 Å². The maximum Gasteiger partial charge on any atom is 0.346 e. The number of thiocarbonyl (C=S) groups is 1. The Morgan fingerprint density at radius 1 is 0.854 bits per heavy atom. The molecular formula is C32H29NO5S3. The molecule has 210 valence electrons. The zero-order valence-electron chi connectivity index (χ0n) is 23.4. The van der Waals surface area contributed by atoms with E-state index in [4.69, 9.17) is 21.7 Å². The highest BCUT2D eigenvalue weighted by atomic mass is 32.2. The smallest absolute Gasteiger partial charge is 0.346 e. The predicted octanol–water partition coefficient (Wildman–Crippen LogP) is 7.44. The second-order valence-corrected chi connectivity index (χ2v) is 12.8. The highest BCUT2D eigenvalue weighted by Crippen LogP contribution is 2.56. The average molecular weight is 604 g/mol. The summed E-state index contributed by atoms with van der Waals surface area (Å²) in [5, 5.41) is 2.03. The molecule has 0 spiro atoms. The number of aryl methyl sites for hydroxylation is 1. The second-order valence-electron chi connectivity index (χ2n) is 10.1. The molecule has 0 aliphatic carbocycles. The Morgan fingerprint density at radius 2 is 1.46 bits per heavy atom. The minimum Gasteiger partial charge on any atom is -0.462 e. The number of anilines is 1. The van der Waals surface area contributed by atoms with Crippen molar-refractivity contribution in [3.63, 3.8) is 0 Å². The maximum atomic E-state index is 14.2. The normalized spacial score (nSPS) is 16.2. The third kappa shape index (κ3) is 5.22. The molecule has 3 aromatic carbocycles. The van der Waals surface area contributed by atoms with Gasteiger partial charge in [-0.1, -0.05) is 78.2 Å². The summed E-state index contributed by atoms with van der Waals surface area (Å²) in [6.45, 7) is 9.61. The lowest BCUT2D eigenvalue weighted by molar-refractivity contribution is -0.140. The summed E-state index contributed by atoms with van der Waals surface area (Å²) in [6, 6.07) is 19.5. The van der Waals surface area contributed by atoms with Gasteiger partial charge in [0.25, 0.3) is 5.91 Å². The fourth-order valence-corrected chi connectivity index (χ4v) is 7.93. The average Bonchev–Trinajstić information content (AvgIpc) is 3.39. The third-order valence-corrected chi connectivity index (χ3v) is 10.2. The number of carbonyl (C=O) groups excluding carboxylic acids is 3. The summed E-state index contributed by atoms with van der Waals surface area (Å²) < 4.78 is 11.2. The van der Waals surface area contributed by atoms with Crippen molar-refractivity contribution in [2.24, 2.45) is 0 Å². The Hall–Kier alpha value is -3.40. The molecule has 3 aromatic rings. The number of benzene rings is 3. The van der Waals surface area contributed by atoms with E-state index in [2.05, 4.69) is 0 Å². The molecule has 1 amide bonds. The standard InChI is InChI=1S/C32H29NO5S3/c1-6-37-29(35)25-26(30(36)38-7-2)41-31(40-25)24-22-15-12-18(3)16-23(22)33(32(4,5)27(24)39)28(34)21-14-13-19-10-8-9-11-20(19)17-21/h8-17H,6-7H2,1-5H3. The van der Waals surface area contributed by atoms with E-state index in [1.165, 1.54) is 0 Å². The highest BCUT2D eigenvalue weighted by Gasteiger charge is 2.46. The van der Waals surface area contributed by atoms with Gasteiger partial charge in [0, 0.05) is 16.7 Å². The number of esters is 2. The summed E-state index contributed by atoms with van der Waals surface area (Å²) in [5.74, 6) is -1.33. The van der Waals surface area contributed by atoms with Gasteiger partial charge in [-0.05, 0) is 69.2 Å². The third-order valence-electron chi connectivity index (χ3n) is 6.93. The molecule has 0 atom stereocenters. The van der Waals surface area contributed by atoms with Crippen LogP contribution in [0.25, 0.3) is 16.3 Å². The van der Waals surface area contributed by atoms with E-state index in [-0.39, 0.29) is 28.9 Å². The van der Waals surface area contributed by atoms with Crippen molar-refractivity contribution in [1.82, 2.24) is 0 Å². The Bertz CT molecular complexity index is 1660. The van der Waals surface area contributed by atoms with E-state index in [9.17, 15) is 14.4 Å². The van der Waals surface area contributed by atoms with Gasteiger partial charge in [-0.25, -0.2) is 9.59 Å². The first-order chi connectivity index (χ1) is 19.6. The van der Waals surface area contributed by atoms with Gasteiger partial charge in [0.15, 0.2) is 0 Å². The molecule has 41 heavy (non-hydrogen) atoms. The van der Waals surface area contributed by atoms with Gasteiger partial charge in [0.05, 0.1) is 33.5 Å². The van der Waals surface area contributed by atoms with Crippen LogP contribution >= 0.6 is 35.7 Å². The predicted molar refractivity (Wildman–Crippen MR) is 171 cm³/mol. The molecule has 0 saturated carbocycles. The van der Waals surface area contributed by atoms with Crippen LogP contribution in [0.15, 0.2) is 74.7 Å². The van der Waals surface area contributed by atoms with E-state index >= 15 is 0 Å². The van der Waals surface area contributed by atoms with Crippen molar-refractivity contribution in [1.29, 1.82) is 0 Å². The van der Waals surface area contributed by atoms with Crippen molar-refractivity contribution in [2.45, 2.75) is 40.2 Å². The summed E-state index contributed by atoms with van der Waals surface area (Å²) in [6.07, 6.45) is 0. The highest BCUT2D eigenvalue weighted by molar-refractivity contribution is 8.29. The number of fused-ring (bicyclic) bond motifs is 2. The van der Waals surface area contributed by atoms with Crippen LogP contribution in [-0.2, 0) is 19.1 Å². The number of amides is 1. The van der Waals surface area contributed by atoms with Crippen LogP contribution in [0, 0.1) is 6.92 Å². The molecule has 0 bridgehead atoms. The van der Waals surface area contributed by atoms with Crippen LogP contribution < -0.4 is 4.90 Å². The molecule has 9 heteroatoms. The van der Waals surface area contributed by atoms with Gasteiger partial charge in [0.1, 0.15) is 9.81 Å². The first-order valence-electron chi connectivity index (χ1n) is 13.3. The molecule has 2 aliphatic rings. The molecule has 0 radical (unpaired) electrons. The van der Waals surface area contributed by atoms with Crippen LogP contribution in [0.5, 0.6) is 0 Å². The summed E-state index contributed by atoms with van der Waals surface area (Å²) in [4.78, 5) is 42.6. The number of ether oxygens (including phenoxy) is 2. The molecule has 0 fully saturated rings. The van der Waals surface area contributed by atoms with Gasteiger partial charge in [-0.3, -0.25) is 9.69 Å². The van der Waals surface area contributed by atoms with E-state index in [1.807, 2.05) is 81.4 Å².